The highest BCUT2D eigenvalue weighted by atomic mass is 35.5. The topological polar surface area (TPSA) is 156 Å². The van der Waals surface area contributed by atoms with E-state index in [2.05, 4.69) is 25.9 Å². The van der Waals surface area contributed by atoms with E-state index in [-0.39, 0.29) is 67.7 Å². The summed E-state index contributed by atoms with van der Waals surface area (Å²) in [7, 11) is 0. The summed E-state index contributed by atoms with van der Waals surface area (Å²) in [5.41, 5.74) is -9.32. The molecular formula is C44H33Cl2F14N6O4S2-. The molecule has 4 aromatic carbocycles. The maximum Gasteiger partial charge on any atom is 0.435 e. The first-order valence-corrected chi connectivity index (χ1v) is 21.6. The lowest BCUT2D eigenvalue weighted by Gasteiger charge is -2.31. The molecule has 0 saturated carbocycles. The van der Waals surface area contributed by atoms with Crippen LogP contribution in [0.15, 0.2) is 95.7 Å². The normalized spacial score (nSPS) is 12.0. The molecule has 72 heavy (non-hydrogen) atoms. The van der Waals surface area contributed by atoms with Crippen LogP contribution in [0.3, 0.4) is 0 Å². The Hall–Kier alpha value is -6.38. The van der Waals surface area contributed by atoms with E-state index in [1.165, 1.54) is 10.8 Å². The van der Waals surface area contributed by atoms with Crippen molar-refractivity contribution in [1.82, 2.24) is 9.97 Å². The number of carbonyl (C=O) groups excluding carboxylic acids is 4. The minimum Gasteiger partial charge on any atom is -1.00 e. The minimum atomic E-state index is -6.25. The second-order valence-corrected chi connectivity index (χ2v) is 16.8. The number of hydrogen-bond donors (Lipinski definition) is 4. The number of nitrogens with zero attached hydrogens (tertiary/aromatic N) is 2. The molecule has 0 bridgehead atoms. The van der Waals surface area contributed by atoms with Crippen LogP contribution in [0, 0.1) is 27.7 Å². The van der Waals surface area contributed by atoms with Gasteiger partial charge in [0, 0.05) is 44.4 Å². The van der Waals surface area contributed by atoms with E-state index in [1.54, 1.807) is 54.6 Å². The average Bonchev–Trinajstić information content (AvgIpc) is 3.94. The predicted octanol–water partition coefficient (Wildman–Crippen LogP) is 10.5. The number of halogens is 16. The predicted molar refractivity (Wildman–Crippen MR) is 237 cm³/mol. The number of nitrogen functional groups attached to an aromatic ring is 1. The van der Waals surface area contributed by atoms with Gasteiger partial charge in [-0.25, -0.2) is 18.7 Å². The molecule has 0 unspecified atom stereocenters. The summed E-state index contributed by atoms with van der Waals surface area (Å²) in [4.78, 5) is 54.9. The van der Waals surface area contributed by atoms with Crippen LogP contribution in [0.25, 0.3) is 0 Å². The van der Waals surface area contributed by atoms with Crippen LogP contribution in [-0.2, 0) is 11.3 Å². The van der Waals surface area contributed by atoms with E-state index in [4.69, 9.17) is 17.3 Å². The first-order valence-electron chi connectivity index (χ1n) is 19.4. The number of carbonyl (C=O) groups is 4. The molecule has 0 spiro atoms. The molecule has 10 nitrogen and oxygen atoms in total. The zero-order chi connectivity index (χ0) is 53.7. The van der Waals surface area contributed by atoms with Gasteiger partial charge in [-0.05, 0) is 73.7 Å². The number of thiazole rings is 2. The van der Waals surface area contributed by atoms with Crippen molar-refractivity contribution < 1.29 is 93.1 Å². The SMILES string of the molecule is Cc1cc(C(F)(C(F)(F)F)C(F)(F)F)cc(C)c1NC(=O)c1csc(N)n1.Cc1cc(C(F)(C(F)(F)F)C(F)(F)F)cc(C)c1NC(=O)c1csc(NC(=O)c2ccccc2)n1.O=C(Cl)c1ccccc1.[Cl-]. The maximum absolute atomic E-state index is 14.4. The molecule has 0 aliphatic carbocycles. The van der Waals surface area contributed by atoms with Crippen molar-refractivity contribution in [3.05, 3.63) is 152 Å². The van der Waals surface area contributed by atoms with Crippen molar-refractivity contribution in [2.45, 2.75) is 63.7 Å². The van der Waals surface area contributed by atoms with E-state index in [0.29, 0.717) is 35.4 Å². The highest BCUT2D eigenvalue weighted by molar-refractivity contribution is 7.14. The number of aryl methyl sites for hydroxylation is 4. The molecule has 0 aliphatic heterocycles. The van der Waals surface area contributed by atoms with Gasteiger partial charge < -0.3 is 28.8 Å². The lowest BCUT2D eigenvalue weighted by atomic mass is 9.90. The number of hydrogen-bond acceptors (Lipinski definition) is 9. The summed E-state index contributed by atoms with van der Waals surface area (Å²) in [5.74, 6) is -2.07. The minimum absolute atomic E-state index is 0. The molecule has 388 valence electrons. The first-order chi connectivity index (χ1) is 32.6. The smallest absolute Gasteiger partial charge is 0.435 e. The van der Waals surface area contributed by atoms with Crippen LogP contribution < -0.4 is 34.1 Å². The average molecular weight is 1110 g/mol. The lowest BCUT2D eigenvalue weighted by molar-refractivity contribution is -0.349. The molecule has 0 fully saturated rings. The summed E-state index contributed by atoms with van der Waals surface area (Å²) in [5, 5.41) is 9.60. The molecule has 28 heteroatoms. The second kappa shape index (κ2) is 23.0. The molecule has 6 rings (SSSR count). The van der Waals surface area contributed by atoms with Crippen molar-refractivity contribution in [2.24, 2.45) is 0 Å². The summed E-state index contributed by atoms with van der Waals surface area (Å²) >= 11 is 7.06. The maximum atomic E-state index is 14.4. The van der Waals surface area contributed by atoms with Gasteiger partial charge in [-0.2, -0.15) is 52.7 Å². The van der Waals surface area contributed by atoms with Crippen LogP contribution in [0.1, 0.15) is 75.1 Å². The molecule has 5 N–H and O–H groups in total. The third-order valence-electron chi connectivity index (χ3n) is 9.65. The van der Waals surface area contributed by atoms with E-state index in [1.807, 2.05) is 6.07 Å². The molecule has 2 heterocycles. The van der Waals surface area contributed by atoms with Gasteiger partial charge in [0.25, 0.3) is 23.0 Å². The third-order valence-corrected chi connectivity index (χ3v) is 11.3. The summed E-state index contributed by atoms with van der Waals surface area (Å²) in [6, 6.07) is 18.5. The summed E-state index contributed by atoms with van der Waals surface area (Å²) in [6.07, 6.45) is -24.9. The van der Waals surface area contributed by atoms with Crippen molar-refractivity contribution in [2.75, 3.05) is 21.7 Å². The van der Waals surface area contributed by atoms with Crippen molar-refractivity contribution in [1.29, 1.82) is 0 Å². The van der Waals surface area contributed by atoms with Gasteiger partial charge in [0.15, 0.2) is 10.3 Å². The monoisotopic (exact) mass is 1110 g/mol. The van der Waals surface area contributed by atoms with Crippen LogP contribution >= 0.6 is 34.3 Å². The molecule has 0 radical (unpaired) electrons. The van der Waals surface area contributed by atoms with Crippen LogP contribution in [0.5, 0.6) is 0 Å². The number of amides is 3. The Morgan fingerprint density at radius 2 is 0.833 bits per heavy atom. The fourth-order valence-corrected chi connectivity index (χ4v) is 7.56. The van der Waals surface area contributed by atoms with Gasteiger partial charge in [-0.3, -0.25) is 24.5 Å². The molecule has 0 saturated heterocycles. The molecular weight excluding hydrogens is 1080 g/mol. The first kappa shape index (κ1) is 59.9. The van der Waals surface area contributed by atoms with E-state index >= 15 is 0 Å². The van der Waals surface area contributed by atoms with Gasteiger partial charge in [0.1, 0.15) is 11.4 Å². The Morgan fingerprint density at radius 1 is 0.500 bits per heavy atom. The van der Waals surface area contributed by atoms with Gasteiger partial charge in [0.05, 0.1) is 0 Å². The van der Waals surface area contributed by atoms with E-state index in [9.17, 15) is 80.6 Å². The molecule has 0 atom stereocenters. The number of rotatable bonds is 9. The van der Waals surface area contributed by atoms with E-state index in [0.717, 1.165) is 50.4 Å². The Balaban J connectivity index is 0.000000327. The zero-order valence-electron chi connectivity index (χ0n) is 36.7. The Labute approximate surface area is 417 Å². The van der Waals surface area contributed by atoms with Gasteiger partial charge in [-0.1, -0.05) is 72.8 Å². The van der Waals surface area contributed by atoms with E-state index < -0.39 is 70.1 Å². The van der Waals surface area contributed by atoms with Gasteiger partial charge >= 0.3 is 36.0 Å². The quantitative estimate of drug-likeness (QED) is 0.0830. The Morgan fingerprint density at radius 3 is 1.14 bits per heavy atom. The van der Waals surface area contributed by atoms with Crippen molar-refractivity contribution in [3.8, 4) is 0 Å². The fourth-order valence-electron chi connectivity index (χ4n) is 6.21. The summed E-state index contributed by atoms with van der Waals surface area (Å²) in [6.45, 7) is 4.56. The summed E-state index contributed by atoms with van der Waals surface area (Å²) < 4.78 is 184. The molecule has 0 aliphatic rings. The Kier molecular flexibility index (Phi) is 19.1. The molecule has 6 aromatic rings. The second-order valence-electron chi connectivity index (χ2n) is 14.8. The Bertz CT molecular complexity index is 2820. The zero-order valence-corrected chi connectivity index (χ0v) is 39.9. The highest BCUT2D eigenvalue weighted by Gasteiger charge is 2.74. The van der Waals surface area contributed by atoms with Gasteiger partial charge in [0.2, 0.25) is 0 Å². The lowest BCUT2D eigenvalue weighted by Crippen LogP contribution is -3.00. The number of nitrogens with two attached hydrogens (primary N) is 1. The number of anilines is 4. The van der Waals surface area contributed by atoms with Crippen molar-refractivity contribution >= 4 is 78.9 Å². The fraction of sp³-hybridized carbons (Fsp3) is 0.227. The van der Waals surface area contributed by atoms with Crippen LogP contribution in [-0.4, -0.2) is 57.6 Å². The largest absolute Gasteiger partial charge is 1.00 e. The number of alkyl halides is 14. The van der Waals surface area contributed by atoms with Gasteiger partial charge in [-0.15, -0.1) is 22.7 Å². The van der Waals surface area contributed by atoms with Crippen LogP contribution in [0.2, 0.25) is 0 Å². The number of aromatic nitrogens is 2. The molecule has 2 aromatic heterocycles. The standard InChI is InChI=1S/C22H16F7N3O2S.C15H12F7N3OS.C7H5ClO.ClH/c1-11-8-14(20(23,21(24,25)26)22(27,28)29)9-12(2)16(11)31-18(34)15-10-35-19(30-15)32-17(33)13-6-4-3-5-7-13;1-6-3-8(13(16,14(17,18)19)15(20,21)22)4-7(2)10(6)25-11(26)9-5-27-12(23)24-9;8-7(9)6-4-2-1-3-5-6;/h3-10H,1-2H3,(H,31,34)(H,30,32,33);3-5H,1-2H3,(H2,23,24)(H,25,26);1-5H;1H/p-1. The molecule has 3 amide bonds. The number of benzene rings is 4. The highest BCUT2D eigenvalue weighted by Crippen LogP contribution is 2.55. The van der Waals surface area contributed by atoms with Crippen LogP contribution in [0.4, 0.5) is 83.1 Å². The van der Waals surface area contributed by atoms with Crippen molar-refractivity contribution in [3.63, 3.8) is 0 Å². The number of nitrogens with one attached hydrogen (secondary N) is 3. The third kappa shape index (κ3) is 13.6.